The first-order valence-corrected chi connectivity index (χ1v) is 11.5. The highest BCUT2D eigenvalue weighted by Crippen LogP contribution is 2.34. The van der Waals surface area contributed by atoms with E-state index in [1.54, 1.807) is 15.4 Å². The Balaban J connectivity index is 1.45. The van der Waals surface area contributed by atoms with Crippen LogP contribution < -0.4 is 10.9 Å². The number of nitrogens with one attached hydrogen (secondary N) is 1. The van der Waals surface area contributed by atoms with Gasteiger partial charge in [0.25, 0.3) is 5.56 Å². The minimum atomic E-state index is -0.244. The summed E-state index contributed by atoms with van der Waals surface area (Å²) in [6.07, 6.45) is 1.78. The molecule has 1 aliphatic rings. The average Bonchev–Trinajstić information content (AvgIpc) is 3.37. The topological polar surface area (TPSA) is 81.8 Å². The molecular formula is C24H23N5O2S. The number of aromatic nitrogens is 4. The second-order valence-electron chi connectivity index (χ2n) is 8.18. The number of thioether (sulfide) groups is 1. The fourth-order valence-corrected chi connectivity index (χ4v) is 5.20. The maximum Gasteiger partial charge on any atom is 0.265 e. The third kappa shape index (κ3) is 3.50. The zero-order valence-electron chi connectivity index (χ0n) is 18.1. The molecule has 32 heavy (non-hydrogen) atoms. The van der Waals surface area contributed by atoms with E-state index in [-0.39, 0.29) is 23.9 Å². The monoisotopic (exact) mass is 445 g/mol. The molecule has 0 aliphatic carbocycles. The van der Waals surface area contributed by atoms with Gasteiger partial charge in [-0.2, -0.15) is 5.10 Å². The van der Waals surface area contributed by atoms with Gasteiger partial charge in [-0.3, -0.25) is 14.2 Å². The summed E-state index contributed by atoms with van der Waals surface area (Å²) in [5.74, 6) is 0.524. The number of rotatable bonds is 4. The van der Waals surface area contributed by atoms with Gasteiger partial charge in [0.1, 0.15) is 5.39 Å². The van der Waals surface area contributed by atoms with Crippen LogP contribution in [0.15, 0.2) is 58.6 Å². The predicted octanol–water partition coefficient (Wildman–Crippen LogP) is 4.18. The Morgan fingerprint density at radius 2 is 1.84 bits per heavy atom. The van der Waals surface area contributed by atoms with Gasteiger partial charge in [0.05, 0.1) is 17.9 Å². The van der Waals surface area contributed by atoms with Crippen LogP contribution in [0.1, 0.15) is 29.2 Å². The molecule has 3 heterocycles. The Labute approximate surface area is 189 Å². The van der Waals surface area contributed by atoms with Crippen molar-refractivity contribution in [2.24, 2.45) is 0 Å². The summed E-state index contributed by atoms with van der Waals surface area (Å²) in [6.45, 7) is 5.97. The molecule has 2 aromatic heterocycles. The van der Waals surface area contributed by atoms with Crippen LogP contribution in [0, 0.1) is 20.8 Å². The van der Waals surface area contributed by atoms with Gasteiger partial charge >= 0.3 is 0 Å². The van der Waals surface area contributed by atoms with E-state index < -0.39 is 0 Å². The molecule has 1 atom stereocenters. The Morgan fingerprint density at radius 1 is 1.12 bits per heavy atom. The molecule has 0 bridgehead atoms. The molecule has 1 N–H and O–H groups in total. The molecule has 0 saturated heterocycles. The number of anilines is 1. The maximum absolute atomic E-state index is 13.3. The normalized spacial score (nSPS) is 15.2. The Morgan fingerprint density at radius 3 is 2.56 bits per heavy atom. The van der Waals surface area contributed by atoms with E-state index in [0.717, 1.165) is 28.1 Å². The molecule has 7 nitrogen and oxygen atoms in total. The summed E-state index contributed by atoms with van der Waals surface area (Å²) in [6, 6.07) is 13.6. The van der Waals surface area contributed by atoms with E-state index in [1.807, 2.05) is 63.2 Å². The lowest BCUT2D eigenvalue weighted by Crippen LogP contribution is -2.28. The molecule has 1 unspecified atom stereocenters. The van der Waals surface area contributed by atoms with Gasteiger partial charge in [0, 0.05) is 17.9 Å². The van der Waals surface area contributed by atoms with Crippen molar-refractivity contribution in [1.82, 2.24) is 19.3 Å². The number of aryl methyl sites for hydroxylation is 3. The molecule has 1 aliphatic heterocycles. The van der Waals surface area contributed by atoms with E-state index in [1.165, 1.54) is 11.8 Å². The number of hydrogen-bond donors (Lipinski definition) is 1. The Kier molecular flexibility index (Phi) is 5.09. The van der Waals surface area contributed by atoms with E-state index in [4.69, 9.17) is 4.98 Å². The van der Waals surface area contributed by atoms with Crippen molar-refractivity contribution in [3.63, 3.8) is 0 Å². The average molecular weight is 446 g/mol. The van der Waals surface area contributed by atoms with Crippen molar-refractivity contribution in [2.45, 2.75) is 38.4 Å². The number of benzene rings is 2. The van der Waals surface area contributed by atoms with Crippen LogP contribution in [0.25, 0.3) is 16.7 Å². The molecular weight excluding hydrogens is 422 g/mol. The molecule has 0 saturated carbocycles. The van der Waals surface area contributed by atoms with E-state index >= 15 is 0 Å². The smallest absolute Gasteiger partial charge is 0.265 e. The zero-order chi connectivity index (χ0) is 22.4. The molecule has 4 aromatic rings. The van der Waals surface area contributed by atoms with Crippen LogP contribution in [0.4, 0.5) is 5.69 Å². The standard InChI is InChI=1S/C24H23N5O2S/c1-14-7-9-17(10-8-14)29-22-19(12-25-29)23(31)28-18(13-32-24(28)27-22)11-20(30)26-21-15(2)5-4-6-16(21)3/h4-10,12,18H,11,13H2,1-3H3,(H,26,30). The highest BCUT2D eigenvalue weighted by molar-refractivity contribution is 7.99. The first-order chi connectivity index (χ1) is 15.4. The van der Waals surface area contributed by atoms with Crippen LogP contribution in [0.2, 0.25) is 0 Å². The predicted molar refractivity (Wildman–Crippen MR) is 127 cm³/mol. The number of carbonyl (C=O) groups is 1. The SMILES string of the molecule is Cc1ccc(-n2ncc3c(=O)n4c(nc32)SCC4CC(=O)Nc2c(C)cccc2C)cc1. The van der Waals surface area contributed by atoms with Gasteiger partial charge in [-0.15, -0.1) is 0 Å². The highest BCUT2D eigenvalue weighted by atomic mass is 32.2. The van der Waals surface area contributed by atoms with Crippen molar-refractivity contribution in [1.29, 1.82) is 0 Å². The summed E-state index contributed by atoms with van der Waals surface area (Å²) in [5, 5.41) is 8.51. The van der Waals surface area contributed by atoms with Gasteiger partial charge in [-0.25, -0.2) is 9.67 Å². The summed E-state index contributed by atoms with van der Waals surface area (Å²) in [7, 11) is 0. The lowest BCUT2D eigenvalue weighted by molar-refractivity contribution is -0.116. The van der Waals surface area contributed by atoms with Crippen LogP contribution >= 0.6 is 11.8 Å². The Bertz CT molecular complexity index is 1380. The van der Waals surface area contributed by atoms with Gasteiger partial charge in [-0.1, -0.05) is 47.7 Å². The van der Waals surface area contributed by atoms with Crippen LogP contribution in [-0.4, -0.2) is 31.0 Å². The minimum absolute atomic E-state index is 0.108. The first-order valence-electron chi connectivity index (χ1n) is 10.5. The van der Waals surface area contributed by atoms with E-state index in [2.05, 4.69) is 10.4 Å². The lowest BCUT2D eigenvalue weighted by Gasteiger charge is -2.15. The largest absolute Gasteiger partial charge is 0.326 e. The maximum atomic E-state index is 13.3. The highest BCUT2D eigenvalue weighted by Gasteiger charge is 2.29. The molecule has 0 fully saturated rings. The number of carbonyl (C=O) groups excluding carboxylic acids is 1. The quantitative estimate of drug-likeness (QED) is 0.477. The van der Waals surface area contributed by atoms with Crippen LogP contribution in [0.5, 0.6) is 0 Å². The summed E-state index contributed by atoms with van der Waals surface area (Å²) >= 11 is 1.50. The van der Waals surface area contributed by atoms with Crippen LogP contribution in [0.3, 0.4) is 0 Å². The van der Waals surface area contributed by atoms with Crippen molar-refractivity contribution in [3.8, 4) is 5.69 Å². The minimum Gasteiger partial charge on any atom is -0.326 e. The van der Waals surface area contributed by atoms with E-state index in [0.29, 0.717) is 21.9 Å². The summed E-state index contributed by atoms with van der Waals surface area (Å²) in [5.41, 5.74) is 5.26. The van der Waals surface area contributed by atoms with Gasteiger partial charge in [0.15, 0.2) is 10.8 Å². The van der Waals surface area contributed by atoms with Gasteiger partial charge in [-0.05, 0) is 44.0 Å². The second kappa shape index (κ2) is 7.94. The molecule has 0 spiro atoms. The van der Waals surface area contributed by atoms with Crippen molar-refractivity contribution in [3.05, 3.63) is 75.7 Å². The number of amides is 1. The summed E-state index contributed by atoms with van der Waals surface area (Å²) in [4.78, 5) is 30.8. The fourth-order valence-electron chi connectivity index (χ4n) is 4.07. The molecule has 8 heteroatoms. The molecule has 0 radical (unpaired) electrons. The number of para-hydroxylation sites is 1. The molecule has 5 rings (SSSR count). The zero-order valence-corrected chi connectivity index (χ0v) is 18.9. The number of fused-ring (bicyclic) bond motifs is 2. The second-order valence-corrected chi connectivity index (χ2v) is 9.17. The molecule has 1 amide bonds. The fraction of sp³-hybridized carbons (Fsp3) is 0.250. The lowest BCUT2D eigenvalue weighted by atomic mass is 10.1. The third-order valence-electron chi connectivity index (χ3n) is 5.82. The van der Waals surface area contributed by atoms with Crippen molar-refractivity contribution < 1.29 is 4.79 Å². The van der Waals surface area contributed by atoms with Crippen molar-refractivity contribution in [2.75, 3.05) is 11.1 Å². The summed E-state index contributed by atoms with van der Waals surface area (Å²) < 4.78 is 3.34. The third-order valence-corrected chi connectivity index (χ3v) is 6.91. The number of nitrogens with zero attached hydrogens (tertiary/aromatic N) is 4. The van der Waals surface area contributed by atoms with Gasteiger partial charge in [0.2, 0.25) is 5.91 Å². The molecule has 162 valence electrons. The van der Waals surface area contributed by atoms with Crippen molar-refractivity contribution >= 4 is 34.4 Å². The molecule has 2 aromatic carbocycles. The Hall–Kier alpha value is -3.39. The first kappa shape index (κ1) is 20.5. The van der Waals surface area contributed by atoms with Crippen LogP contribution in [-0.2, 0) is 4.79 Å². The number of hydrogen-bond acceptors (Lipinski definition) is 5. The van der Waals surface area contributed by atoms with E-state index in [9.17, 15) is 9.59 Å². The van der Waals surface area contributed by atoms with Gasteiger partial charge < -0.3 is 5.32 Å².